The highest BCUT2D eigenvalue weighted by molar-refractivity contribution is 6.74. The van der Waals surface area contributed by atoms with Crippen LogP contribution in [0.25, 0.3) is 5.69 Å². The fourth-order valence-corrected chi connectivity index (χ4v) is 2.84. The van der Waals surface area contributed by atoms with E-state index in [1.54, 1.807) is 12.1 Å². The average Bonchev–Trinajstić information content (AvgIpc) is 2.44. The molecule has 0 fully saturated rings. The molecular formula is C17H24FN3O2Si. The highest BCUT2D eigenvalue weighted by atomic mass is 28.4. The predicted octanol–water partition coefficient (Wildman–Crippen LogP) is 3.48. The first kappa shape index (κ1) is 18.3. The van der Waals surface area contributed by atoms with Crippen molar-refractivity contribution >= 4 is 14.1 Å². The van der Waals surface area contributed by atoms with E-state index in [9.17, 15) is 9.18 Å². The minimum absolute atomic E-state index is 0.0619. The van der Waals surface area contributed by atoms with E-state index < -0.39 is 19.8 Å². The van der Waals surface area contributed by atoms with Gasteiger partial charge in [-0.25, -0.2) is 9.18 Å². The van der Waals surface area contributed by atoms with Crippen LogP contribution in [0.3, 0.4) is 0 Å². The summed E-state index contributed by atoms with van der Waals surface area (Å²) < 4.78 is 21.7. The molecule has 2 aromatic rings. The van der Waals surface area contributed by atoms with Crippen molar-refractivity contribution in [1.82, 2.24) is 9.55 Å². The van der Waals surface area contributed by atoms with Crippen LogP contribution >= 0.6 is 0 Å². The topological polar surface area (TPSA) is 70.1 Å². The molecule has 0 aliphatic rings. The van der Waals surface area contributed by atoms with Crippen LogP contribution in [0.15, 0.2) is 35.3 Å². The van der Waals surface area contributed by atoms with Crippen molar-refractivity contribution in [2.24, 2.45) is 0 Å². The predicted molar refractivity (Wildman–Crippen MR) is 96.2 cm³/mol. The number of halogens is 1. The Kier molecular flexibility index (Phi) is 4.96. The number of aromatic nitrogens is 2. The van der Waals surface area contributed by atoms with E-state index in [2.05, 4.69) is 38.8 Å². The number of hydrogen-bond donors (Lipinski definition) is 1. The summed E-state index contributed by atoms with van der Waals surface area (Å²) in [4.78, 5) is 15.5. The lowest BCUT2D eigenvalue weighted by Crippen LogP contribution is -2.40. The second-order valence-electron chi connectivity index (χ2n) is 7.33. The maximum atomic E-state index is 14.4. The Hall–Kier alpha value is -1.99. The first-order chi connectivity index (χ1) is 11.0. The van der Waals surface area contributed by atoms with E-state index in [1.165, 1.54) is 22.9 Å². The summed E-state index contributed by atoms with van der Waals surface area (Å²) in [7, 11) is -1.95. The summed E-state index contributed by atoms with van der Waals surface area (Å²) in [5.41, 5.74) is 5.80. The molecule has 0 radical (unpaired) electrons. The Morgan fingerprint density at radius 2 is 1.96 bits per heavy atom. The minimum atomic E-state index is -1.95. The average molecular weight is 349 g/mol. The van der Waals surface area contributed by atoms with Crippen molar-refractivity contribution in [2.45, 2.75) is 45.5 Å². The van der Waals surface area contributed by atoms with Crippen LogP contribution in [0, 0.1) is 5.82 Å². The van der Waals surface area contributed by atoms with Gasteiger partial charge >= 0.3 is 5.69 Å². The van der Waals surface area contributed by atoms with E-state index >= 15 is 0 Å². The maximum Gasteiger partial charge on any atom is 0.354 e. The molecule has 0 saturated heterocycles. The quantitative estimate of drug-likeness (QED) is 0.858. The molecule has 0 amide bonds. The number of benzene rings is 1. The van der Waals surface area contributed by atoms with Gasteiger partial charge in [0.25, 0.3) is 0 Å². The largest absolute Gasteiger partial charge is 0.412 e. The van der Waals surface area contributed by atoms with Crippen molar-refractivity contribution in [3.63, 3.8) is 0 Å². The molecule has 0 spiro atoms. The van der Waals surface area contributed by atoms with Crippen LogP contribution < -0.4 is 11.4 Å². The molecule has 130 valence electrons. The van der Waals surface area contributed by atoms with Gasteiger partial charge in [0, 0.05) is 11.8 Å². The molecule has 2 N–H and O–H groups in total. The van der Waals surface area contributed by atoms with E-state index in [-0.39, 0.29) is 17.5 Å². The van der Waals surface area contributed by atoms with Crippen LogP contribution in [0.2, 0.25) is 18.1 Å². The van der Waals surface area contributed by atoms with Crippen LogP contribution in [-0.4, -0.2) is 17.9 Å². The number of hydrogen-bond acceptors (Lipinski definition) is 4. The molecule has 0 unspecified atom stereocenters. The number of rotatable bonds is 4. The van der Waals surface area contributed by atoms with Crippen molar-refractivity contribution in [3.8, 4) is 5.69 Å². The number of nitrogens with zero attached hydrogens (tertiary/aromatic N) is 2. The highest BCUT2D eigenvalue weighted by Gasteiger charge is 2.37. The van der Waals surface area contributed by atoms with Crippen LogP contribution in [0.1, 0.15) is 26.3 Å². The fraction of sp³-hybridized carbons (Fsp3) is 0.412. The van der Waals surface area contributed by atoms with Crippen LogP contribution in [0.5, 0.6) is 0 Å². The second kappa shape index (κ2) is 6.49. The summed E-state index contributed by atoms with van der Waals surface area (Å²) in [5, 5.41) is 0.0619. The first-order valence-electron chi connectivity index (χ1n) is 7.79. The fourth-order valence-electron chi connectivity index (χ4n) is 1.89. The molecule has 0 aliphatic heterocycles. The number of nitrogens with two attached hydrogens (primary N) is 1. The van der Waals surface area contributed by atoms with Gasteiger partial charge in [-0.3, -0.25) is 4.57 Å². The highest BCUT2D eigenvalue weighted by Crippen LogP contribution is 2.37. The van der Waals surface area contributed by atoms with Crippen molar-refractivity contribution in [3.05, 3.63) is 52.3 Å². The van der Waals surface area contributed by atoms with Gasteiger partial charge in [-0.1, -0.05) is 26.8 Å². The zero-order valence-electron chi connectivity index (χ0n) is 14.8. The van der Waals surface area contributed by atoms with Crippen molar-refractivity contribution < 1.29 is 8.82 Å². The van der Waals surface area contributed by atoms with Crippen molar-refractivity contribution in [2.75, 3.05) is 5.73 Å². The third-order valence-electron chi connectivity index (χ3n) is 4.53. The van der Waals surface area contributed by atoms with Gasteiger partial charge in [0.1, 0.15) is 11.6 Å². The molecular weight excluding hydrogens is 325 g/mol. The van der Waals surface area contributed by atoms with Crippen molar-refractivity contribution in [1.29, 1.82) is 0 Å². The molecule has 24 heavy (non-hydrogen) atoms. The van der Waals surface area contributed by atoms with Gasteiger partial charge in [0.15, 0.2) is 8.32 Å². The molecule has 0 atom stereocenters. The summed E-state index contributed by atoms with van der Waals surface area (Å²) >= 11 is 0. The van der Waals surface area contributed by atoms with Crippen LogP contribution in [0.4, 0.5) is 10.2 Å². The van der Waals surface area contributed by atoms with Gasteiger partial charge in [-0.05, 0) is 36.3 Å². The summed E-state index contributed by atoms with van der Waals surface area (Å²) in [6.45, 7) is 10.9. The molecule has 2 rings (SSSR count). The van der Waals surface area contributed by atoms with Gasteiger partial charge in [-0.15, -0.1) is 0 Å². The maximum absolute atomic E-state index is 14.4. The lowest BCUT2D eigenvalue weighted by molar-refractivity contribution is 0.271. The molecule has 1 aromatic heterocycles. The van der Waals surface area contributed by atoms with Gasteiger partial charge < -0.3 is 10.2 Å². The third kappa shape index (κ3) is 3.91. The van der Waals surface area contributed by atoms with E-state index in [0.717, 1.165) is 0 Å². The van der Waals surface area contributed by atoms with Gasteiger partial charge in [0.05, 0.1) is 12.3 Å². The third-order valence-corrected chi connectivity index (χ3v) is 9.01. The minimum Gasteiger partial charge on any atom is -0.412 e. The second-order valence-corrected chi connectivity index (χ2v) is 12.1. The Morgan fingerprint density at radius 1 is 1.29 bits per heavy atom. The smallest absolute Gasteiger partial charge is 0.354 e. The summed E-state index contributed by atoms with van der Waals surface area (Å²) in [6.07, 6.45) is 1.48. The first-order valence-corrected chi connectivity index (χ1v) is 10.7. The monoisotopic (exact) mass is 349 g/mol. The van der Waals surface area contributed by atoms with E-state index in [1.807, 2.05) is 0 Å². The number of anilines is 1. The summed E-state index contributed by atoms with van der Waals surface area (Å²) in [6, 6.07) is 6.12. The van der Waals surface area contributed by atoms with E-state index in [4.69, 9.17) is 10.2 Å². The Balaban J connectivity index is 2.23. The molecule has 1 heterocycles. The molecule has 0 bridgehead atoms. The molecule has 0 aliphatic carbocycles. The van der Waals surface area contributed by atoms with Gasteiger partial charge in [-0.2, -0.15) is 4.98 Å². The van der Waals surface area contributed by atoms with Gasteiger partial charge in [0.2, 0.25) is 0 Å². The normalized spacial score (nSPS) is 12.4. The standard InChI is InChI=1S/C17H24FN3O2Si/c1-17(2,3)24(4,5)23-11-12-6-7-13(10-14(12)18)21-9-8-15(19)20-16(21)22/h6-10H,11H2,1-5H3,(H2,19,20,22). The Bertz CT molecular complexity index is 797. The molecule has 5 nitrogen and oxygen atoms in total. The van der Waals surface area contributed by atoms with Crippen LogP contribution in [-0.2, 0) is 11.0 Å². The SMILES string of the molecule is CC(C)(C)[Si](C)(C)OCc1ccc(-n2ccc(N)nc2=O)cc1F. The van der Waals surface area contributed by atoms with E-state index in [0.29, 0.717) is 11.3 Å². The molecule has 7 heteroatoms. The Morgan fingerprint density at radius 3 is 2.50 bits per heavy atom. The lowest BCUT2D eigenvalue weighted by Gasteiger charge is -2.36. The number of nitrogen functional groups attached to an aromatic ring is 1. The summed E-state index contributed by atoms with van der Waals surface area (Å²) in [5.74, 6) is -0.272. The zero-order valence-corrected chi connectivity index (χ0v) is 15.8. The zero-order chi connectivity index (χ0) is 18.1. The molecule has 1 aromatic carbocycles. The molecule has 0 saturated carbocycles. The lowest BCUT2D eigenvalue weighted by atomic mass is 10.2. The Labute approximate surface area is 142 Å².